The second-order valence-electron chi connectivity index (χ2n) is 5.02. The topological polar surface area (TPSA) is 97.4 Å². The maximum Gasteiger partial charge on any atom is 0.513 e. The minimum Gasteiger partial charge on any atom is -0.491 e. The van der Waals surface area contributed by atoms with Crippen molar-refractivity contribution in [3.63, 3.8) is 0 Å². The molecule has 0 atom stereocenters. The number of ether oxygens (including phenoxy) is 4. The Kier molecular flexibility index (Phi) is 6.27. The number of carbonyl (C=O) groups excluding carboxylic acids is 1. The van der Waals surface area contributed by atoms with Crippen molar-refractivity contribution in [1.29, 1.82) is 0 Å². The summed E-state index contributed by atoms with van der Waals surface area (Å²) in [5.41, 5.74) is 0.849. The molecule has 1 heterocycles. The molecule has 9 heteroatoms. The van der Waals surface area contributed by atoms with Crippen LogP contribution in [0.25, 0.3) is 0 Å². The second kappa shape index (κ2) is 8.20. The standard InChI is InChI=1S/C15H20O8S/c1-3-19-15(16)23-13-10-12(20-7-8-22-24(2,17)18)9-11-5-4-6-21-14(11)13/h9-10H,3-8H2,1-2H3. The van der Waals surface area contributed by atoms with Gasteiger partial charge in [-0.25, -0.2) is 4.79 Å². The van der Waals surface area contributed by atoms with Crippen LogP contribution in [0.5, 0.6) is 17.2 Å². The number of benzene rings is 1. The van der Waals surface area contributed by atoms with E-state index in [0.29, 0.717) is 18.1 Å². The molecule has 0 unspecified atom stereocenters. The minimum atomic E-state index is -3.51. The predicted octanol–water partition coefficient (Wildman–Crippen LogP) is 1.90. The van der Waals surface area contributed by atoms with Crippen molar-refractivity contribution in [2.75, 3.05) is 32.7 Å². The van der Waals surface area contributed by atoms with E-state index in [4.69, 9.17) is 18.9 Å². The molecule has 0 N–H and O–H groups in total. The summed E-state index contributed by atoms with van der Waals surface area (Å²) in [4.78, 5) is 11.6. The van der Waals surface area contributed by atoms with Crippen molar-refractivity contribution >= 4 is 16.3 Å². The Hall–Kier alpha value is -2.00. The number of aryl methyl sites for hydroxylation is 1. The van der Waals surface area contributed by atoms with E-state index < -0.39 is 16.3 Å². The Morgan fingerprint density at radius 2 is 2.08 bits per heavy atom. The molecule has 24 heavy (non-hydrogen) atoms. The molecule has 0 bridgehead atoms. The van der Waals surface area contributed by atoms with E-state index in [2.05, 4.69) is 4.18 Å². The quantitative estimate of drug-likeness (QED) is 0.315. The van der Waals surface area contributed by atoms with E-state index in [-0.39, 0.29) is 25.6 Å². The van der Waals surface area contributed by atoms with Crippen LogP contribution < -0.4 is 14.2 Å². The molecule has 0 spiro atoms. The molecule has 0 saturated heterocycles. The highest BCUT2D eigenvalue weighted by atomic mass is 32.2. The Morgan fingerprint density at radius 1 is 1.29 bits per heavy atom. The first-order valence-electron chi connectivity index (χ1n) is 7.50. The molecular formula is C15H20O8S. The molecule has 1 aromatic rings. The van der Waals surface area contributed by atoms with E-state index in [0.717, 1.165) is 24.7 Å². The molecule has 2 rings (SSSR count). The van der Waals surface area contributed by atoms with E-state index >= 15 is 0 Å². The van der Waals surface area contributed by atoms with Crippen molar-refractivity contribution in [1.82, 2.24) is 0 Å². The lowest BCUT2D eigenvalue weighted by atomic mass is 10.1. The summed E-state index contributed by atoms with van der Waals surface area (Å²) in [6.45, 7) is 2.33. The molecule has 0 radical (unpaired) electrons. The Balaban J connectivity index is 2.09. The molecule has 0 aliphatic carbocycles. The van der Waals surface area contributed by atoms with Gasteiger partial charge < -0.3 is 18.9 Å². The van der Waals surface area contributed by atoms with Gasteiger partial charge in [0.1, 0.15) is 19.0 Å². The van der Waals surface area contributed by atoms with Crippen LogP contribution in [0, 0.1) is 0 Å². The Morgan fingerprint density at radius 3 is 2.79 bits per heavy atom. The highest BCUT2D eigenvalue weighted by Crippen LogP contribution is 2.39. The molecular weight excluding hydrogens is 340 g/mol. The van der Waals surface area contributed by atoms with Crippen LogP contribution in [-0.4, -0.2) is 47.3 Å². The SMILES string of the molecule is CCOC(=O)Oc1cc(OCCOS(C)(=O)=O)cc2c1OCCC2. The number of rotatable bonds is 7. The lowest BCUT2D eigenvalue weighted by Gasteiger charge is -2.21. The Labute approximate surface area is 140 Å². The maximum atomic E-state index is 11.6. The average Bonchev–Trinajstić information content (AvgIpc) is 2.51. The first kappa shape index (κ1) is 18.3. The normalized spacial score (nSPS) is 13.6. The van der Waals surface area contributed by atoms with Crippen LogP contribution in [0.2, 0.25) is 0 Å². The molecule has 8 nitrogen and oxygen atoms in total. The van der Waals surface area contributed by atoms with Crippen molar-refractivity contribution in [3.8, 4) is 17.2 Å². The van der Waals surface area contributed by atoms with Crippen LogP contribution in [0.3, 0.4) is 0 Å². The first-order chi connectivity index (χ1) is 11.4. The summed E-state index contributed by atoms with van der Waals surface area (Å²) in [6, 6.07) is 3.27. The van der Waals surface area contributed by atoms with Gasteiger partial charge in [0, 0.05) is 11.6 Å². The molecule has 1 aromatic carbocycles. The fourth-order valence-electron chi connectivity index (χ4n) is 2.16. The van der Waals surface area contributed by atoms with Crippen molar-refractivity contribution < 1.29 is 36.3 Å². The molecule has 1 aliphatic rings. The first-order valence-corrected chi connectivity index (χ1v) is 9.32. The van der Waals surface area contributed by atoms with E-state index in [1.165, 1.54) is 6.07 Å². The second-order valence-corrected chi connectivity index (χ2v) is 6.67. The Bertz CT molecular complexity index is 683. The van der Waals surface area contributed by atoms with Crippen molar-refractivity contribution in [2.45, 2.75) is 19.8 Å². The summed E-state index contributed by atoms with van der Waals surface area (Å²) >= 11 is 0. The summed E-state index contributed by atoms with van der Waals surface area (Å²) in [7, 11) is -3.51. The van der Waals surface area contributed by atoms with E-state index in [9.17, 15) is 13.2 Å². The summed E-state index contributed by atoms with van der Waals surface area (Å²) in [5.74, 6) is 1.13. The zero-order chi connectivity index (χ0) is 17.6. The van der Waals surface area contributed by atoms with Crippen LogP contribution in [0.4, 0.5) is 4.79 Å². The fraction of sp³-hybridized carbons (Fsp3) is 0.533. The van der Waals surface area contributed by atoms with Crippen LogP contribution in [0.1, 0.15) is 18.9 Å². The van der Waals surface area contributed by atoms with Gasteiger partial charge >= 0.3 is 6.16 Å². The number of hydrogen-bond donors (Lipinski definition) is 0. The van der Waals surface area contributed by atoms with E-state index in [1.54, 1.807) is 13.0 Å². The van der Waals surface area contributed by atoms with Gasteiger partial charge in [-0.3, -0.25) is 4.18 Å². The van der Waals surface area contributed by atoms with Gasteiger partial charge in [-0.1, -0.05) is 0 Å². The third-order valence-corrected chi connectivity index (χ3v) is 3.64. The van der Waals surface area contributed by atoms with E-state index in [1.807, 2.05) is 0 Å². The molecule has 134 valence electrons. The third-order valence-electron chi connectivity index (χ3n) is 3.05. The van der Waals surface area contributed by atoms with Gasteiger partial charge in [-0.2, -0.15) is 8.42 Å². The summed E-state index contributed by atoms with van der Waals surface area (Å²) in [6.07, 6.45) is 1.73. The van der Waals surface area contributed by atoms with Crippen LogP contribution >= 0.6 is 0 Å². The highest BCUT2D eigenvalue weighted by molar-refractivity contribution is 7.85. The monoisotopic (exact) mass is 360 g/mol. The third kappa shape index (κ3) is 5.57. The lowest BCUT2D eigenvalue weighted by molar-refractivity contribution is 0.102. The number of hydrogen-bond acceptors (Lipinski definition) is 8. The smallest absolute Gasteiger partial charge is 0.491 e. The molecule has 1 aliphatic heterocycles. The van der Waals surface area contributed by atoms with Gasteiger partial charge in [0.15, 0.2) is 11.5 Å². The van der Waals surface area contributed by atoms with Gasteiger partial charge in [-0.15, -0.1) is 0 Å². The van der Waals surface area contributed by atoms with Gasteiger partial charge in [-0.05, 0) is 25.8 Å². The molecule has 0 saturated carbocycles. The predicted molar refractivity (Wildman–Crippen MR) is 84.2 cm³/mol. The van der Waals surface area contributed by atoms with Crippen LogP contribution in [0.15, 0.2) is 12.1 Å². The average molecular weight is 360 g/mol. The summed E-state index contributed by atoms with van der Waals surface area (Å²) < 4.78 is 47.4. The number of fused-ring (bicyclic) bond motifs is 1. The number of carbonyl (C=O) groups is 1. The molecule has 0 fully saturated rings. The maximum absolute atomic E-state index is 11.6. The van der Waals surface area contributed by atoms with Gasteiger partial charge in [0.25, 0.3) is 10.1 Å². The van der Waals surface area contributed by atoms with Gasteiger partial charge in [0.2, 0.25) is 0 Å². The largest absolute Gasteiger partial charge is 0.513 e. The lowest BCUT2D eigenvalue weighted by Crippen LogP contribution is -2.15. The van der Waals surface area contributed by atoms with Crippen molar-refractivity contribution in [2.24, 2.45) is 0 Å². The zero-order valence-corrected chi connectivity index (χ0v) is 14.4. The highest BCUT2D eigenvalue weighted by Gasteiger charge is 2.20. The molecule has 0 amide bonds. The van der Waals surface area contributed by atoms with Crippen molar-refractivity contribution in [3.05, 3.63) is 17.7 Å². The fourth-order valence-corrected chi connectivity index (χ4v) is 2.53. The summed E-state index contributed by atoms with van der Waals surface area (Å²) in [5, 5.41) is 0. The van der Waals surface area contributed by atoms with Gasteiger partial charge in [0.05, 0.1) is 19.5 Å². The molecule has 0 aromatic heterocycles. The minimum absolute atomic E-state index is 0.0333. The van der Waals surface area contributed by atoms with Crippen LogP contribution in [-0.2, 0) is 25.5 Å². The zero-order valence-electron chi connectivity index (χ0n) is 13.6.